The molecule has 510 valence electrons. The number of rotatable bonds is 68. The fourth-order valence-corrected chi connectivity index (χ4v) is 11.7. The van der Waals surface area contributed by atoms with E-state index in [9.17, 15) is 43.2 Å². The molecule has 17 nitrogen and oxygen atoms in total. The molecule has 5 atom stereocenters. The molecule has 0 aliphatic rings. The van der Waals surface area contributed by atoms with Crippen LogP contribution in [0.4, 0.5) is 0 Å². The number of unbranched alkanes of at least 4 members (excludes halogenated alkanes) is 42. The van der Waals surface area contributed by atoms with Crippen molar-refractivity contribution in [1.82, 2.24) is 0 Å². The Bertz CT molecular complexity index is 1650. The number of esters is 4. The van der Waals surface area contributed by atoms with Gasteiger partial charge in [-0.3, -0.25) is 37.3 Å². The molecule has 19 heteroatoms. The lowest BCUT2D eigenvalue weighted by molar-refractivity contribution is -0.161. The molecule has 0 spiro atoms. The minimum atomic E-state index is -4.94. The van der Waals surface area contributed by atoms with Crippen LogP contribution in [0.3, 0.4) is 0 Å². The lowest BCUT2D eigenvalue weighted by Gasteiger charge is -2.21. The topological polar surface area (TPSA) is 237 Å². The molecule has 0 saturated heterocycles. The monoisotopic (exact) mass is 1270 g/mol. The summed E-state index contributed by atoms with van der Waals surface area (Å²) >= 11 is 0. The molecule has 0 radical (unpaired) electrons. The van der Waals surface area contributed by atoms with Crippen molar-refractivity contribution in [3.05, 3.63) is 0 Å². The first-order chi connectivity index (χ1) is 41.7. The maximum absolute atomic E-state index is 13.0. The number of hydrogen-bond donors (Lipinski definition) is 3. The van der Waals surface area contributed by atoms with Crippen LogP contribution in [0.1, 0.15) is 349 Å². The van der Waals surface area contributed by atoms with E-state index in [-0.39, 0.29) is 25.7 Å². The third-order valence-corrected chi connectivity index (χ3v) is 17.5. The average Bonchev–Trinajstić information content (AvgIpc) is 3.70. The van der Waals surface area contributed by atoms with Gasteiger partial charge in [0.1, 0.15) is 19.3 Å². The van der Waals surface area contributed by atoms with Crippen LogP contribution in [0.25, 0.3) is 0 Å². The minimum absolute atomic E-state index is 0.105. The summed E-state index contributed by atoms with van der Waals surface area (Å²) in [6.45, 7) is 4.81. The van der Waals surface area contributed by atoms with E-state index in [1.165, 1.54) is 173 Å². The maximum Gasteiger partial charge on any atom is 0.472 e. The Kier molecular flexibility index (Phi) is 60.5. The highest BCUT2D eigenvalue weighted by molar-refractivity contribution is 7.47. The van der Waals surface area contributed by atoms with Crippen molar-refractivity contribution in [2.24, 2.45) is 0 Å². The molecular formula is C67H130O17P2. The summed E-state index contributed by atoms with van der Waals surface area (Å²) in [6.07, 6.45) is 49.1. The van der Waals surface area contributed by atoms with Gasteiger partial charge in [0.05, 0.1) is 26.4 Å². The van der Waals surface area contributed by atoms with Gasteiger partial charge in [0, 0.05) is 25.7 Å². The van der Waals surface area contributed by atoms with E-state index in [0.29, 0.717) is 25.7 Å². The van der Waals surface area contributed by atoms with Crippen LogP contribution in [0.2, 0.25) is 0 Å². The molecule has 0 aliphatic heterocycles. The molecule has 0 saturated carbocycles. The highest BCUT2D eigenvalue weighted by Crippen LogP contribution is 2.45. The second-order valence-corrected chi connectivity index (χ2v) is 27.1. The second-order valence-electron chi connectivity index (χ2n) is 24.2. The van der Waals surface area contributed by atoms with E-state index < -0.39 is 97.5 Å². The van der Waals surface area contributed by atoms with Crippen LogP contribution < -0.4 is 0 Å². The van der Waals surface area contributed by atoms with Crippen molar-refractivity contribution in [1.29, 1.82) is 0 Å². The quantitative estimate of drug-likeness (QED) is 0.0222. The van der Waals surface area contributed by atoms with E-state index >= 15 is 0 Å². The third-order valence-electron chi connectivity index (χ3n) is 15.6. The molecule has 0 aromatic heterocycles. The molecule has 0 aromatic carbocycles. The summed E-state index contributed by atoms with van der Waals surface area (Å²) in [7, 11) is -9.88. The van der Waals surface area contributed by atoms with Crippen LogP contribution in [-0.4, -0.2) is 96.7 Å². The second kappa shape index (κ2) is 61.9. The predicted octanol–water partition coefficient (Wildman–Crippen LogP) is 19.1. The summed E-state index contributed by atoms with van der Waals surface area (Å²) in [6, 6.07) is 0. The number of phosphoric acid groups is 2. The molecule has 0 amide bonds. The van der Waals surface area contributed by atoms with E-state index in [1.54, 1.807) is 0 Å². The Hall–Kier alpha value is -1.94. The fraction of sp³-hybridized carbons (Fsp3) is 0.940. The zero-order chi connectivity index (χ0) is 63.3. The Morgan fingerprint density at radius 3 is 0.686 bits per heavy atom. The Morgan fingerprint density at radius 1 is 0.279 bits per heavy atom. The first kappa shape index (κ1) is 84.1. The summed E-state index contributed by atoms with van der Waals surface area (Å²) in [5.41, 5.74) is 0. The summed E-state index contributed by atoms with van der Waals surface area (Å²) in [4.78, 5) is 72.0. The Balaban J connectivity index is 5.10. The van der Waals surface area contributed by atoms with Gasteiger partial charge in [0.2, 0.25) is 0 Å². The van der Waals surface area contributed by atoms with Gasteiger partial charge in [0.25, 0.3) is 0 Å². The average molecular weight is 1270 g/mol. The third kappa shape index (κ3) is 60.9. The highest BCUT2D eigenvalue weighted by atomic mass is 31.2. The van der Waals surface area contributed by atoms with Crippen LogP contribution >= 0.6 is 15.6 Å². The van der Waals surface area contributed by atoms with E-state index in [2.05, 4.69) is 27.7 Å². The normalized spacial score (nSPS) is 14.1. The summed E-state index contributed by atoms with van der Waals surface area (Å²) in [5, 5.41) is 10.5. The lowest BCUT2D eigenvalue weighted by Crippen LogP contribution is -2.30. The number of ether oxygens (including phenoxy) is 4. The van der Waals surface area contributed by atoms with E-state index in [4.69, 9.17) is 37.0 Å². The van der Waals surface area contributed by atoms with Gasteiger partial charge in [0.15, 0.2) is 12.2 Å². The Morgan fingerprint density at radius 2 is 0.465 bits per heavy atom. The Labute approximate surface area is 524 Å². The zero-order valence-electron chi connectivity index (χ0n) is 55.3. The molecule has 3 N–H and O–H groups in total. The van der Waals surface area contributed by atoms with Crippen LogP contribution in [0, 0.1) is 0 Å². The van der Waals surface area contributed by atoms with Gasteiger partial charge in [-0.15, -0.1) is 0 Å². The molecule has 2 unspecified atom stereocenters. The van der Waals surface area contributed by atoms with E-state index in [1.807, 2.05) is 0 Å². The molecule has 0 fully saturated rings. The molecule has 0 heterocycles. The van der Waals surface area contributed by atoms with Gasteiger partial charge in [-0.1, -0.05) is 297 Å². The number of aliphatic hydroxyl groups excluding tert-OH is 1. The van der Waals surface area contributed by atoms with Crippen LogP contribution in [0.5, 0.6) is 0 Å². The molecular weight excluding hydrogens is 1140 g/mol. The molecule has 86 heavy (non-hydrogen) atoms. The molecule has 0 aromatic rings. The number of aliphatic hydroxyl groups is 1. The SMILES string of the molecule is CCCCCCCCCCCCCCCCCCCCCCC(=O)O[C@H](COC(=O)CCCCCCCCCCCCCC)COP(=O)(O)OC[C@@H](O)COP(=O)(O)OC[C@@H](COC(=O)CCCCCCC)OC(=O)CCCCCCCCCCC. The number of phosphoric ester groups is 2. The number of carbonyl (C=O) groups is 4. The highest BCUT2D eigenvalue weighted by Gasteiger charge is 2.30. The van der Waals surface area contributed by atoms with Gasteiger partial charge >= 0.3 is 39.5 Å². The minimum Gasteiger partial charge on any atom is -0.462 e. The smallest absolute Gasteiger partial charge is 0.462 e. The van der Waals surface area contributed by atoms with E-state index in [0.717, 1.165) is 96.3 Å². The summed E-state index contributed by atoms with van der Waals surface area (Å²) in [5.74, 6) is -2.14. The zero-order valence-corrected chi connectivity index (χ0v) is 57.1. The van der Waals surface area contributed by atoms with Gasteiger partial charge in [-0.2, -0.15) is 0 Å². The molecule has 0 aliphatic carbocycles. The van der Waals surface area contributed by atoms with Crippen molar-refractivity contribution in [2.45, 2.75) is 367 Å². The van der Waals surface area contributed by atoms with Crippen molar-refractivity contribution in [3.8, 4) is 0 Å². The largest absolute Gasteiger partial charge is 0.472 e. The molecule has 0 bridgehead atoms. The van der Waals surface area contributed by atoms with Crippen molar-refractivity contribution < 1.29 is 80.2 Å². The first-order valence-corrected chi connectivity index (χ1v) is 38.3. The number of hydrogen-bond acceptors (Lipinski definition) is 15. The number of carbonyl (C=O) groups excluding carboxylic acids is 4. The van der Waals surface area contributed by atoms with Crippen molar-refractivity contribution in [2.75, 3.05) is 39.6 Å². The van der Waals surface area contributed by atoms with Crippen LogP contribution in [0.15, 0.2) is 0 Å². The lowest BCUT2D eigenvalue weighted by atomic mass is 10.0. The van der Waals surface area contributed by atoms with Crippen LogP contribution in [-0.2, 0) is 65.4 Å². The fourth-order valence-electron chi connectivity index (χ4n) is 10.2. The maximum atomic E-state index is 13.0. The predicted molar refractivity (Wildman–Crippen MR) is 345 cm³/mol. The first-order valence-electron chi connectivity index (χ1n) is 35.3. The summed E-state index contributed by atoms with van der Waals surface area (Å²) < 4.78 is 67.9. The van der Waals surface area contributed by atoms with Gasteiger partial charge < -0.3 is 33.8 Å². The van der Waals surface area contributed by atoms with Gasteiger partial charge in [-0.05, 0) is 25.7 Å². The molecule has 0 rings (SSSR count). The van der Waals surface area contributed by atoms with Crippen molar-refractivity contribution in [3.63, 3.8) is 0 Å². The van der Waals surface area contributed by atoms with Gasteiger partial charge in [-0.25, -0.2) is 9.13 Å². The standard InChI is InChI=1S/C67H130O17P2/c1-5-9-13-17-20-23-25-27-28-29-30-31-32-33-34-36-39-42-46-50-54-67(72)84-63(58-78-65(70)52-48-44-40-38-35-26-24-21-18-14-10-6-2)60-82-86(75,76)80-56-61(68)55-79-85(73,74)81-59-62(57-77-64(69)51-47-43-16-12-8-4)83-66(71)53-49-45-41-37-22-19-15-11-7-3/h61-63,68H,5-60H2,1-4H3,(H,73,74)(H,75,76)/t61-,62+,63+/m0/s1. The van der Waals surface area contributed by atoms with Crippen molar-refractivity contribution >= 4 is 39.5 Å².